The predicted molar refractivity (Wildman–Crippen MR) is 110 cm³/mol. The Hall–Kier alpha value is -0.600. The Morgan fingerprint density at radius 2 is 1.17 bits per heavy atom. The van der Waals surface area contributed by atoms with Crippen LogP contribution < -0.4 is 0 Å². The van der Waals surface area contributed by atoms with Gasteiger partial charge in [0.15, 0.2) is 0 Å². The summed E-state index contributed by atoms with van der Waals surface area (Å²) >= 11 is 0. The van der Waals surface area contributed by atoms with Crippen LogP contribution in [0.25, 0.3) is 0 Å². The lowest BCUT2D eigenvalue weighted by Crippen LogP contribution is -2.58. The number of hydrogen-bond donors (Lipinski definition) is 1. The molecule has 2 aliphatic rings. The average Bonchev–Trinajstić information content (AvgIpc) is 3.07. The molecule has 30 heavy (non-hydrogen) atoms. The molecule has 2 rings (SSSR count). The van der Waals surface area contributed by atoms with Crippen molar-refractivity contribution in [3.8, 4) is 0 Å². The third kappa shape index (κ3) is 8.50. The molecule has 0 aromatic heterocycles. The van der Waals surface area contributed by atoms with Gasteiger partial charge in [-0.25, -0.2) is 0 Å². The van der Waals surface area contributed by atoms with E-state index in [1.54, 1.807) is 6.92 Å². The van der Waals surface area contributed by atoms with Crippen molar-refractivity contribution in [3.63, 3.8) is 0 Å². The van der Waals surface area contributed by atoms with Crippen LogP contribution in [0.15, 0.2) is 0 Å². The van der Waals surface area contributed by atoms with Gasteiger partial charge in [0.1, 0.15) is 0 Å². The van der Waals surface area contributed by atoms with Crippen LogP contribution in [-0.4, -0.2) is 36.9 Å². The van der Waals surface area contributed by atoms with E-state index >= 15 is 0 Å². The zero-order valence-electron chi connectivity index (χ0n) is 15.4. The normalized spacial score (nSPS) is 26.9. The van der Waals surface area contributed by atoms with Crippen LogP contribution in [0.5, 0.6) is 0 Å². The van der Waals surface area contributed by atoms with Crippen molar-refractivity contribution < 1.29 is 40.2 Å². The van der Waals surface area contributed by atoms with Gasteiger partial charge in [-0.2, -0.15) is 26.3 Å². The molecule has 0 radical (unpaired) electrons. The molecule has 5 unspecified atom stereocenters. The van der Waals surface area contributed by atoms with Crippen LogP contribution in [-0.2, 0) is 0 Å². The molecule has 0 aliphatic heterocycles. The van der Waals surface area contributed by atoms with Crippen molar-refractivity contribution in [1.82, 2.24) is 0 Å². The number of fused-ring (bicyclic) bond motifs is 2. The van der Waals surface area contributed by atoms with E-state index < -0.39 is 30.3 Å². The molecule has 1 nitrogen and oxygen atoms in total. The minimum atomic E-state index is -5.69. The minimum absolute atomic E-state index is 0. The zero-order valence-corrected chi connectivity index (χ0v) is 15.4. The van der Waals surface area contributed by atoms with E-state index in [1.807, 2.05) is 13.8 Å². The SMILES string of the molecule is C.C.C.C.CC1C2CC(CC(O)(C(F)(F)F)C(F)(F)F)C(C2)C1C.CCCF.CF. The highest BCUT2D eigenvalue weighted by atomic mass is 19.4. The number of hydrogen-bond acceptors (Lipinski definition) is 1. The monoisotopic (exact) mass is 464 g/mol. The molecular formula is C21H44F8O. The molecule has 0 spiro atoms. The predicted octanol–water partition coefficient (Wildman–Crippen LogP) is 8.66. The molecule has 0 aromatic carbocycles. The molecule has 0 heterocycles. The Bertz CT molecular complexity index is 391. The summed E-state index contributed by atoms with van der Waals surface area (Å²) in [7, 11) is 0.500. The van der Waals surface area contributed by atoms with E-state index in [9.17, 15) is 40.2 Å². The maximum absolute atomic E-state index is 12.7. The van der Waals surface area contributed by atoms with E-state index in [-0.39, 0.29) is 54.1 Å². The summed E-state index contributed by atoms with van der Waals surface area (Å²) in [6.45, 7) is 5.49. The largest absolute Gasteiger partial charge is 0.426 e. The van der Waals surface area contributed by atoms with E-state index in [0.29, 0.717) is 32.4 Å². The second-order valence-electron chi connectivity index (χ2n) is 7.12. The molecule has 2 fully saturated rings. The number of rotatable bonds is 3. The van der Waals surface area contributed by atoms with E-state index in [4.69, 9.17) is 0 Å². The number of halogens is 8. The van der Waals surface area contributed by atoms with Crippen LogP contribution in [0, 0.1) is 29.6 Å². The summed E-state index contributed by atoms with van der Waals surface area (Å²) in [5.74, 6) is -0.220. The lowest BCUT2D eigenvalue weighted by molar-refractivity contribution is -0.373. The maximum Gasteiger partial charge on any atom is 0.426 e. The van der Waals surface area contributed by atoms with Crippen molar-refractivity contribution in [2.24, 2.45) is 29.6 Å². The first-order chi connectivity index (χ1) is 11.8. The third-order valence-corrected chi connectivity index (χ3v) is 5.72. The highest BCUT2D eigenvalue weighted by Crippen LogP contribution is 2.59. The standard InChI is InChI=1S/C13H18F6O.C3H7F.CH3F.4CH4/c1-6-7(2)10-4-8(6)3-9(10)5-11(20,12(14,15)16)13(17,18)19;1-2-3-4;1-2;;;;/h6-10,20H,3-5H2,1-2H3;2-3H2,1H3;1H3;4*1H4. The minimum Gasteiger partial charge on any atom is -0.374 e. The molecule has 0 saturated heterocycles. The Labute approximate surface area is 178 Å². The Balaban J connectivity index is -0.000000188. The fraction of sp³-hybridized carbons (Fsp3) is 1.00. The summed E-state index contributed by atoms with van der Waals surface area (Å²) in [6.07, 6.45) is -11.0. The second-order valence-corrected chi connectivity index (χ2v) is 7.12. The lowest BCUT2D eigenvalue weighted by atomic mass is 9.72. The van der Waals surface area contributed by atoms with Gasteiger partial charge >= 0.3 is 12.4 Å². The van der Waals surface area contributed by atoms with Crippen molar-refractivity contribution >= 4 is 0 Å². The highest BCUT2D eigenvalue weighted by molar-refractivity contribution is 5.03. The summed E-state index contributed by atoms with van der Waals surface area (Å²) in [5, 5.41) is 9.28. The Morgan fingerprint density at radius 1 is 0.800 bits per heavy atom. The molecule has 0 aromatic rings. The van der Waals surface area contributed by atoms with Gasteiger partial charge in [-0.15, -0.1) is 0 Å². The van der Waals surface area contributed by atoms with Gasteiger partial charge in [0.2, 0.25) is 0 Å². The molecule has 1 N–H and O–H groups in total. The topological polar surface area (TPSA) is 20.2 Å². The highest BCUT2D eigenvalue weighted by Gasteiger charge is 2.71. The summed E-state index contributed by atoms with van der Waals surface area (Å²) in [6, 6.07) is 0. The van der Waals surface area contributed by atoms with Crippen LogP contribution in [0.2, 0.25) is 0 Å². The van der Waals surface area contributed by atoms with Gasteiger partial charge in [0.25, 0.3) is 5.60 Å². The van der Waals surface area contributed by atoms with Gasteiger partial charge in [-0.3, -0.25) is 8.78 Å². The molecular weight excluding hydrogens is 420 g/mol. The summed E-state index contributed by atoms with van der Waals surface area (Å²) in [4.78, 5) is 0. The van der Waals surface area contributed by atoms with Crippen LogP contribution in [0.1, 0.15) is 76.2 Å². The summed E-state index contributed by atoms with van der Waals surface area (Å²) < 4.78 is 96.4. The van der Waals surface area contributed by atoms with Gasteiger partial charge < -0.3 is 5.11 Å². The molecule has 5 atom stereocenters. The van der Waals surface area contributed by atoms with Gasteiger partial charge in [-0.05, 0) is 55.3 Å². The fourth-order valence-corrected chi connectivity index (χ4v) is 4.10. The summed E-state index contributed by atoms with van der Waals surface area (Å²) in [5.41, 5.74) is -4.59. The lowest BCUT2D eigenvalue weighted by Gasteiger charge is -2.39. The van der Waals surface area contributed by atoms with Gasteiger partial charge in [0.05, 0.1) is 13.9 Å². The Kier molecular flexibility index (Phi) is 20.2. The van der Waals surface area contributed by atoms with E-state index in [2.05, 4.69) is 0 Å². The van der Waals surface area contributed by atoms with Crippen LogP contribution >= 0.6 is 0 Å². The maximum atomic E-state index is 12.7. The molecule has 2 aliphatic carbocycles. The molecule has 2 bridgehead atoms. The van der Waals surface area contributed by atoms with E-state index in [1.165, 1.54) is 0 Å². The second kappa shape index (κ2) is 15.2. The van der Waals surface area contributed by atoms with Crippen LogP contribution in [0.4, 0.5) is 35.1 Å². The molecule has 0 amide bonds. The van der Waals surface area contributed by atoms with Gasteiger partial charge in [0, 0.05) is 0 Å². The molecule has 190 valence electrons. The first-order valence-corrected chi connectivity index (χ1v) is 8.59. The molecule has 9 heteroatoms. The zero-order chi connectivity index (χ0) is 20.9. The smallest absolute Gasteiger partial charge is 0.374 e. The van der Waals surface area contributed by atoms with Crippen LogP contribution in [0.3, 0.4) is 0 Å². The molecule has 2 saturated carbocycles. The van der Waals surface area contributed by atoms with Crippen molar-refractivity contribution in [3.05, 3.63) is 0 Å². The van der Waals surface area contributed by atoms with E-state index in [0.717, 1.165) is 0 Å². The quantitative estimate of drug-likeness (QED) is 0.414. The first-order valence-electron chi connectivity index (χ1n) is 8.59. The fourth-order valence-electron chi connectivity index (χ4n) is 4.10. The number of aliphatic hydroxyl groups is 1. The average molecular weight is 465 g/mol. The first kappa shape index (κ1) is 39.8. The van der Waals surface area contributed by atoms with Crippen molar-refractivity contribution in [1.29, 1.82) is 0 Å². The van der Waals surface area contributed by atoms with Crippen molar-refractivity contribution in [2.75, 3.05) is 13.9 Å². The van der Waals surface area contributed by atoms with Gasteiger partial charge in [-0.1, -0.05) is 50.5 Å². The Morgan fingerprint density at radius 3 is 1.40 bits per heavy atom. The van der Waals surface area contributed by atoms with Crippen molar-refractivity contribution in [2.45, 2.75) is 94.1 Å². The third-order valence-electron chi connectivity index (χ3n) is 5.72. The number of alkyl halides is 8.